The number of aryl methyl sites for hydroxylation is 1. The van der Waals surface area contributed by atoms with Crippen LogP contribution in [0.3, 0.4) is 0 Å². The first kappa shape index (κ1) is 13.4. The largest absolute Gasteiger partial charge is 0.335 e. The Bertz CT molecular complexity index is 473. The van der Waals surface area contributed by atoms with Gasteiger partial charge in [-0.05, 0) is 44.4 Å². The predicted octanol–water partition coefficient (Wildman–Crippen LogP) is 4.21. The number of hydrogen-bond donors (Lipinski definition) is 1. The summed E-state index contributed by atoms with van der Waals surface area (Å²) < 4.78 is 13.5. The molecule has 0 radical (unpaired) electrons. The highest BCUT2D eigenvalue weighted by Crippen LogP contribution is 2.29. The summed E-state index contributed by atoms with van der Waals surface area (Å²) in [6.07, 6.45) is 2.13. The van der Waals surface area contributed by atoms with E-state index in [1.165, 1.54) is 6.07 Å². The highest BCUT2D eigenvalue weighted by Gasteiger charge is 2.25. The molecule has 18 heavy (non-hydrogen) atoms. The minimum absolute atomic E-state index is 0.0246. The zero-order valence-electron chi connectivity index (χ0n) is 11.1. The van der Waals surface area contributed by atoms with Crippen LogP contribution in [0, 0.1) is 12.7 Å². The summed E-state index contributed by atoms with van der Waals surface area (Å²) in [5, 5.41) is 4.11. The van der Waals surface area contributed by atoms with Crippen molar-refractivity contribution in [2.75, 3.05) is 11.1 Å². The Morgan fingerprint density at radius 3 is 2.94 bits per heavy atom. The van der Waals surface area contributed by atoms with Crippen molar-refractivity contribution in [1.82, 2.24) is 0 Å². The fourth-order valence-electron chi connectivity index (χ4n) is 1.81. The van der Waals surface area contributed by atoms with E-state index in [0.29, 0.717) is 5.56 Å². The van der Waals surface area contributed by atoms with E-state index in [1.54, 1.807) is 24.8 Å². The molecule has 1 atom stereocenters. The van der Waals surface area contributed by atoms with Crippen LogP contribution in [-0.4, -0.2) is 16.5 Å². The smallest absolute Gasteiger partial charge is 0.161 e. The molecule has 1 aromatic carbocycles. The highest BCUT2D eigenvalue weighted by molar-refractivity contribution is 8.14. The monoisotopic (exact) mass is 266 g/mol. The zero-order valence-corrected chi connectivity index (χ0v) is 11.9. The third kappa shape index (κ3) is 3.05. The SMILES string of the molecule is CCC1(C)CCSC(Nc2ccc(C)c(F)c2)=N1. The lowest BCUT2D eigenvalue weighted by Gasteiger charge is -2.29. The number of amidine groups is 1. The Labute approximate surface area is 112 Å². The van der Waals surface area contributed by atoms with Crippen LogP contribution >= 0.6 is 11.8 Å². The fourth-order valence-corrected chi connectivity index (χ4v) is 3.02. The highest BCUT2D eigenvalue weighted by atomic mass is 32.2. The number of aliphatic imine (C=N–C) groups is 1. The molecule has 0 fully saturated rings. The van der Waals surface area contributed by atoms with Gasteiger partial charge in [-0.2, -0.15) is 0 Å². The Hall–Kier alpha value is -1.03. The summed E-state index contributed by atoms with van der Waals surface area (Å²) in [6, 6.07) is 5.19. The number of anilines is 1. The van der Waals surface area contributed by atoms with Gasteiger partial charge in [0.05, 0.1) is 5.54 Å². The predicted molar refractivity (Wildman–Crippen MR) is 78.0 cm³/mol. The molecule has 0 saturated carbocycles. The van der Waals surface area contributed by atoms with E-state index in [9.17, 15) is 4.39 Å². The number of benzene rings is 1. The summed E-state index contributed by atoms with van der Waals surface area (Å²) in [5.41, 5.74) is 1.46. The van der Waals surface area contributed by atoms with Gasteiger partial charge in [-0.1, -0.05) is 24.8 Å². The van der Waals surface area contributed by atoms with Crippen molar-refractivity contribution in [1.29, 1.82) is 0 Å². The summed E-state index contributed by atoms with van der Waals surface area (Å²) in [4.78, 5) is 4.73. The normalized spacial score (nSPS) is 23.7. The van der Waals surface area contributed by atoms with E-state index in [0.717, 1.165) is 29.4 Å². The number of hydrogen-bond acceptors (Lipinski definition) is 3. The van der Waals surface area contributed by atoms with Gasteiger partial charge in [-0.25, -0.2) is 4.39 Å². The molecule has 1 unspecified atom stereocenters. The van der Waals surface area contributed by atoms with Crippen molar-refractivity contribution < 1.29 is 4.39 Å². The maximum atomic E-state index is 13.5. The van der Waals surface area contributed by atoms with E-state index < -0.39 is 0 Å². The van der Waals surface area contributed by atoms with Crippen molar-refractivity contribution in [3.8, 4) is 0 Å². The van der Waals surface area contributed by atoms with Crippen molar-refractivity contribution in [3.63, 3.8) is 0 Å². The molecule has 0 bridgehead atoms. The molecule has 0 amide bonds. The quantitative estimate of drug-likeness (QED) is 0.867. The van der Waals surface area contributed by atoms with Crippen LogP contribution in [0.1, 0.15) is 32.3 Å². The molecule has 0 saturated heterocycles. The van der Waals surface area contributed by atoms with Crippen molar-refractivity contribution in [3.05, 3.63) is 29.6 Å². The van der Waals surface area contributed by atoms with Gasteiger partial charge < -0.3 is 5.32 Å². The summed E-state index contributed by atoms with van der Waals surface area (Å²) in [5.74, 6) is 0.879. The first-order valence-corrected chi connectivity index (χ1v) is 7.27. The Morgan fingerprint density at radius 1 is 1.50 bits per heavy atom. The minimum atomic E-state index is -0.181. The number of rotatable bonds is 2. The Kier molecular flexibility index (Phi) is 3.95. The molecule has 0 aromatic heterocycles. The number of nitrogens with one attached hydrogen (secondary N) is 1. The lowest BCUT2D eigenvalue weighted by molar-refractivity contribution is 0.443. The molecule has 1 aromatic rings. The number of thioether (sulfide) groups is 1. The molecule has 4 heteroatoms. The minimum Gasteiger partial charge on any atom is -0.335 e. The maximum Gasteiger partial charge on any atom is 0.161 e. The summed E-state index contributed by atoms with van der Waals surface area (Å²) in [6.45, 7) is 6.09. The van der Waals surface area contributed by atoms with Crippen LogP contribution < -0.4 is 5.32 Å². The second-order valence-electron chi connectivity index (χ2n) is 4.95. The van der Waals surface area contributed by atoms with Gasteiger partial charge in [0.25, 0.3) is 0 Å². The van der Waals surface area contributed by atoms with Gasteiger partial charge in [-0.15, -0.1) is 0 Å². The topological polar surface area (TPSA) is 24.4 Å². The van der Waals surface area contributed by atoms with Gasteiger partial charge in [0.2, 0.25) is 0 Å². The first-order valence-electron chi connectivity index (χ1n) is 6.28. The number of nitrogens with zero attached hydrogens (tertiary/aromatic N) is 1. The molecule has 2 rings (SSSR count). The molecular formula is C14H19FN2S. The second kappa shape index (κ2) is 5.31. The average Bonchev–Trinajstić information content (AvgIpc) is 2.34. The third-order valence-corrected chi connectivity index (χ3v) is 4.31. The first-order chi connectivity index (χ1) is 8.52. The Morgan fingerprint density at radius 2 is 2.28 bits per heavy atom. The second-order valence-corrected chi connectivity index (χ2v) is 6.04. The van der Waals surface area contributed by atoms with Crippen LogP contribution in [0.4, 0.5) is 10.1 Å². The van der Waals surface area contributed by atoms with E-state index in [1.807, 2.05) is 6.07 Å². The van der Waals surface area contributed by atoms with Gasteiger partial charge in [0.1, 0.15) is 5.82 Å². The molecule has 2 nitrogen and oxygen atoms in total. The molecule has 1 aliphatic rings. The number of halogens is 1. The van der Waals surface area contributed by atoms with Crippen LogP contribution in [-0.2, 0) is 0 Å². The molecular weight excluding hydrogens is 247 g/mol. The van der Waals surface area contributed by atoms with Crippen molar-refractivity contribution in [2.24, 2.45) is 4.99 Å². The van der Waals surface area contributed by atoms with E-state index in [4.69, 9.17) is 4.99 Å². The molecule has 98 valence electrons. The van der Waals surface area contributed by atoms with Crippen LogP contribution in [0.15, 0.2) is 23.2 Å². The lowest BCUT2D eigenvalue weighted by Crippen LogP contribution is -2.29. The molecule has 1 heterocycles. The van der Waals surface area contributed by atoms with Crippen LogP contribution in [0.25, 0.3) is 0 Å². The molecule has 0 spiro atoms. The third-order valence-electron chi connectivity index (χ3n) is 3.44. The molecule has 1 aliphatic heterocycles. The van der Waals surface area contributed by atoms with Crippen LogP contribution in [0.2, 0.25) is 0 Å². The van der Waals surface area contributed by atoms with E-state index in [2.05, 4.69) is 19.2 Å². The summed E-state index contributed by atoms with van der Waals surface area (Å²) >= 11 is 1.70. The molecule has 1 N–H and O–H groups in total. The van der Waals surface area contributed by atoms with E-state index >= 15 is 0 Å². The zero-order chi connectivity index (χ0) is 13.2. The Balaban J connectivity index is 2.16. The van der Waals surface area contributed by atoms with Gasteiger partial charge in [0.15, 0.2) is 5.17 Å². The van der Waals surface area contributed by atoms with Crippen LogP contribution in [0.5, 0.6) is 0 Å². The van der Waals surface area contributed by atoms with Gasteiger partial charge >= 0.3 is 0 Å². The standard InChI is InChI=1S/C14H19FN2S/c1-4-14(3)7-8-18-13(17-14)16-11-6-5-10(2)12(15)9-11/h5-6,9H,4,7-8H2,1-3H3,(H,16,17). The van der Waals surface area contributed by atoms with E-state index in [-0.39, 0.29) is 11.4 Å². The average molecular weight is 266 g/mol. The molecule has 0 aliphatic carbocycles. The maximum absolute atomic E-state index is 13.5. The van der Waals surface area contributed by atoms with Crippen molar-refractivity contribution in [2.45, 2.75) is 39.2 Å². The van der Waals surface area contributed by atoms with Crippen molar-refractivity contribution >= 4 is 22.6 Å². The lowest BCUT2D eigenvalue weighted by atomic mass is 9.97. The fraction of sp³-hybridized carbons (Fsp3) is 0.500. The summed E-state index contributed by atoms with van der Waals surface area (Å²) in [7, 11) is 0. The van der Waals surface area contributed by atoms with Gasteiger partial charge in [-0.3, -0.25) is 4.99 Å². The van der Waals surface area contributed by atoms with Gasteiger partial charge in [0, 0.05) is 11.4 Å².